The van der Waals surface area contributed by atoms with Crippen LogP contribution >= 0.6 is 0 Å². The molecule has 1 N–H and O–H groups in total. The molecule has 7 nitrogen and oxygen atoms in total. The Balaban J connectivity index is 1.31. The van der Waals surface area contributed by atoms with Crippen molar-refractivity contribution in [3.05, 3.63) is 95.1 Å². The van der Waals surface area contributed by atoms with E-state index in [-0.39, 0.29) is 36.2 Å². The molecule has 0 unspecified atom stereocenters. The number of carbonyl (C=O) groups excluding carboxylic acids is 4. The normalized spacial score (nSPS) is 15.1. The zero-order valence-corrected chi connectivity index (χ0v) is 19.6. The molecule has 0 aliphatic carbocycles. The summed E-state index contributed by atoms with van der Waals surface area (Å²) in [6, 6.07) is 20.6. The number of nitrogens with one attached hydrogen (secondary N) is 1. The topological polar surface area (TPSA) is 92.8 Å². The number of Topliss-reactive ketones (excluding diaryl/α,β-unsaturated/α-hetero) is 1. The number of ether oxygens (including phenoxy) is 1. The number of hydrogen-bond acceptors (Lipinski definition) is 5. The monoisotopic (exact) mass is 470 g/mol. The Labute approximate surface area is 203 Å². The molecule has 3 aromatic carbocycles. The molecule has 0 radical (unpaired) electrons. The predicted molar refractivity (Wildman–Crippen MR) is 133 cm³/mol. The smallest absolute Gasteiger partial charge is 0.338 e. The maximum absolute atomic E-state index is 12.8. The average Bonchev–Trinajstić information content (AvgIpc) is 3.26. The maximum Gasteiger partial charge on any atom is 0.338 e. The van der Waals surface area contributed by atoms with Gasteiger partial charge < -0.3 is 15.0 Å². The summed E-state index contributed by atoms with van der Waals surface area (Å²) in [5.41, 5.74) is 4.27. The van der Waals surface area contributed by atoms with E-state index in [4.69, 9.17) is 4.74 Å². The van der Waals surface area contributed by atoms with Gasteiger partial charge in [-0.3, -0.25) is 14.4 Å². The van der Waals surface area contributed by atoms with Crippen LogP contribution in [0.4, 0.5) is 11.4 Å². The average molecular weight is 471 g/mol. The molecule has 0 aromatic heterocycles. The van der Waals surface area contributed by atoms with Gasteiger partial charge >= 0.3 is 5.97 Å². The predicted octanol–water partition coefficient (Wildman–Crippen LogP) is 4.33. The second-order valence-corrected chi connectivity index (χ2v) is 8.61. The molecule has 1 heterocycles. The van der Waals surface area contributed by atoms with Crippen LogP contribution in [0.3, 0.4) is 0 Å². The van der Waals surface area contributed by atoms with Crippen LogP contribution in [-0.2, 0) is 14.3 Å². The maximum atomic E-state index is 12.8. The van der Waals surface area contributed by atoms with Gasteiger partial charge in [-0.1, -0.05) is 36.4 Å². The summed E-state index contributed by atoms with van der Waals surface area (Å²) in [7, 11) is 0. The Morgan fingerprint density at radius 2 is 1.63 bits per heavy atom. The summed E-state index contributed by atoms with van der Waals surface area (Å²) in [4.78, 5) is 51.3. The van der Waals surface area contributed by atoms with Crippen LogP contribution in [0.1, 0.15) is 38.3 Å². The van der Waals surface area contributed by atoms with Gasteiger partial charge in [0, 0.05) is 29.9 Å². The van der Waals surface area contributed by atoms with Crippen molar-refractivity contribution in [3.8, 4) is 0 Å². The number of aryl methyl sites for hydroxylation is 2. The number of hydrogen-bond donors (Lipinski definition) is 1. The van der Waals surface area contributed by atoms with Gasteiger partial charge in [0.05, 0.1) is 11.5 Å². The first kappa shape index (κ1) is 23.9. The van der Waals surface area contributed by atoms with E-state index in [0.717, 1.165) is 16.8 Å². The van der Waals surface area contributed by atoms with Crippen molar-refractivity contribution in [1.82, 2.24) is 0 Å². The third-order valence-corrected chi connectivity index (χ3v) is 6.12. The van der Waals surface area contributed by atoms with Crippen LogP contribution in [0.5, 0.6) is 0 Å². The van der Waals surface area contributed by atoms with E-state index in [9.17, 15) is 19.2 Å². The first-order valence-electron chi connectivity index (χ1n) is 11.4. The summed E-state index contributed by atoms with van der Waals surface area (Å²) in [6.45, 7) is 3.96. The van der Waals surface area contributed by atoms with Crippen LogP contribution in [0, 0.1) is 19.8 Å². The molecule has 3 aromatic rings. The molecular weight excluding hydrogens is 444 g/mol. The van der Waals surface area contributed by atoms with Gasteiger partial charge in [0.2, 0.25) is 11.8 Å². The van der Waals surface area contributed by atoms with Gasteiger partial charge in [-0.05, 0) is 61.4 Å². The van der Waals surface area contributed by atoms with Crippen LogP contribution in [0.2, 0.25) is 0 Å². The molecule has 1 aliphatic rings. The minimum atomic E-state index is -0.627. The lowest BCUT2D eigenvalue weighted by molar-refractivity contribution is -0.122. The highest BCUT2D eigenvalue weighted by atomic mass is 16.5. The van der Waals surface area contributed by atoms with E-state index in [1.165, 1.54) is 12.1 Å². The van der Waals surface area contributed by atoms with Gasteiger partial charge in [0.1, 0.15) is 0 Å². The second kappa shape index (κ2) is 10.3. The standard InChI is InChI=1S/C28H26N2O5/c1-18-8-13-24(14-19(18)2)30-16-22(15-26(30)32)27(33)29-23-11-9-21(10-12-23)28(34)35-17-25(31)20-6-4-3-5-7-20/h3-14,22H,15-17H2,1-2H3,(H,29,33)/t22-/m0/s1. The van der Waals surface area contributed by atoms with Gasteiger partial charge in [-0.15, -0.1) is 0 Å². The Morgan fingerprint density at radius 3 is 2.31 bits per heavy atom. The van der Waals surface area contributed by atoms with Crippen LogP contribution in [0.25, 0.3) is 0 Å². The molecule has 0 saturated carbocycles. The van der Waals surface area contributed by atoms with E-state index in [1.807, 2.05) is 32.0 Å². The zero-order valence-electron chi connectivity index (χ0n) is 19.6. The molecule has 1 fully saturated rings. The molecular formula is C28H26N2O5. The SMILES string of the molecule is Cc1ccc(N2C[C@@H](C(=O)Nc3ccc(C(=O)OCC(=O)c4ccccc4)cc3)CC2=O)cc1C. The van der Waals surface area contributed by atoms with Crippen LogP contribution < -0.4 is 10.2 Å². The third kappa shape index (κ3) is 5.63. The quantitative estimate of drug-likeness (QED) is 0.410. The lowest BCUT2D eigenvalue weighted by Crippen LogP contribution is -2.28. The molecule has 1 saturated heterocycles. The highest BCUT2D eigenvalue weighted by Crippen LogP contribution is 2.27. The number of nitrogens with zero attached hydrogens (tertiary/aromatic N) is 1. The van der Waals surface area contributed by atoms with Crippen molar-refractivity contribution in [3.63, 3.8) is 0 Å². The summed E-state index contributed by atoms with van der Waals surface area (Å²) in [5.74, 6) is -1.73. The highest BCUT2D eigenvalue weighted by molar-refractivity contribution is 6.04. The van der Waals surface area contributed by atoms with Gasteiger partial charge in [0.15, 0.2) is 12.4 Å². The van der Waals surface area contributed by atoms with E-state index in [0.29, 0.717) is 17.8 Å². The molecule has 178 valence electrons. The first-order valence-corrected chi connectivity index (χ1v) is 11.4. The fourth-order valence-electron chi connectivity index (χ4n) is 3.88. The van der Waals surface area contributed by atoms with Crippen LogP contribution in [-0.4, -0.2) is 36.7 Å². The van der Waals surface area contributed by atoms with Gasteiger partial charge in [0.25, 0.3) is 0 Å². The number of ketones is 1. The van der Waals surface area contributed by atoms with E-state index in [1.54, 1.807) is 47.4 Å². The summed E-state index contributed by atoms with van der Waals surface area (Å²) >= 11 is 0. The number of rotatable bonds is 7. The molecule has 1 aliphatic heterocycles. The number of amides is 2. The highest BCUT2D eigenvalue weighted by Gasteiger charge is 2.35. The second-order valence-electron chi connectivity index (χ2n) is 8.61. The van der Waals surface area contributed by atoms with Gasteiger partial charge in [-0.25, -0.2) is 4.79 Å². The minimum Gasteiger partial charge on any atom is -0.454 e. The molecule has 0 bridgehead atoms. The number of esters is 1. The number of carbonyl (C=O) groups is 4. The number of anilines is 2. The lowest BCUT2D eigenvalue weighted by atomic mass is 10.1. The Hall–Kier alpha value is -4.26. The fourth-order valence-corrected chi connectivity index (χ4v) is 3.88. The lowest BCUT2D eigenvalue weighted by Gasteiger charge is -2.18. The molecule has 35 heavy (non-hydrogen) atoms. The van der Waals surface area contributed by atoms with Crippen molar-refractivity contribution < 1.29 is 23.9 Å². The molecule has 0 spiro atoms. The van der Waals surface area contributed by atoms with Crippen molar-refractivity contribution in [2.75, 3.05) is 23.4 Å². The third-order valence-electron chi connectivity index (χ3n) is 6.12. The Morgan fingerprint density at radius 1 is 0.914 bits per heavy atom. The van der Waals surface area contributed by atoms with Crippen LogP contribution in [0.15, 0.2) is 72.8 Å². The summed E-state index contributed by atoms with van der Waals surface area (Å²) in [5, 5.41) is 2.81. The minimum absolute atomic E-state index is 0.0865. The largest absolute Gasteiger partial charge is 0.454 e. The summed E-state index contributed by atoms with van der Waals surface area (Å²) in [6.07, 6.45) is 0.138. The Kier molecular flexibility index (Phi) is 7.06. The molecule has 2 amide bonds. The molecule has 4 rings (SSSR count). The van der Waals surface area contributed by atoms with Crippen molar-refractivity contribution in [2.24, 2.45) is 5.92 Å². The Bertz CT molecular complexity index is 1270. The van der Waals surface area contributed by atoms with E-state index in [2.05, 4.69) is 5.32 Å². The van der Waals surface area contributed by atoms with Crippen molar-refractivity contribution in [2.45, 2.75) is 20.3 Å². The molecule has 1 atom stereocenters. The zero-order chi connectivity index (χ0) is 24.9. The van der Waals surface area contributed by atoms with E-state index >= 15 is 0 Å². The molecule has 7 heteroatoms. The van der Waals surface area contributed by atoms with Gasteiger partial charge in [-0.2, -0.15) is 0 Å². The van der Waals surface area contributed by atoms with Crippen molar-refractivity contribution >= 4 is 34.9 Å². The first-order chi connectivity index (χ1) is 16.8. The van der Waals surface area contributed by atoms with Crippen molar-refractivity contribution in [1.29, 1.82) is 0 Å². The fraction of sp³-hybridized carbons (Fsp3) is 0.214. The van der Waals surface area contributed by atoms with E-state index < -0.39 is 11.9 Å². The number of benzene rings is 3. The summed E-state index contributed by atoms with van der Waals surface area (Å²) < 4.78 is 5.11.